The molecule has 0 aliphatic carbocycles. The summed E-state index contributed by atoms with van der Waals surface area (Å²) in [6.45, 7) is 6.19. The third-order valence-electron chi connectivity index (χ3n) is 6.39. The van der Waals surface area contributed by atoms with Crippen LogP contribution in [0.4, 0.5) is 5.69 Å². The minimum atomic E-state index is -1.35. The second kappa shape index (κ2) is 14.3. The Balaban J connectivity index is 1.79. The topological polar surface area (TPSA) is 147 Å². The van der Waals surface area contributed by atoms with Gasteiger partial charge in [-0.15, -0.1) is 0 Å². The first-order valence-electron chi connectivity index (χ1n) is 13.7. The maximum atomic E-state index is 13.8. The normalized spacial score (nSPS) is 24.0. The highest BCUT2D eigenvalue weighted by molar-refractivity contribution is 8.14. The van der Waals surface area contributed by atoms with Crippen LogP contribution in [0.25, 0.3) is 6.08 Å². The van der Waals surface area contributed by atoms with E-state index in [1.807, 2.05) is 49.4 Å². The first kappa shape index (κ1) is 32.4. The standard InChI is InChI=1S/C31H32N2O10S/c1-17-11-13-23(14-12-17)33-29(38)24(15-22-9-7-6-8-10-22)32-31(33)44-30-28(42-21(5)37)27(41-20(4)36)26(40-19(3)35)25(43-30)16-39-18(2)34/h6-15,25-28,30H,16H2,1-5H3/b24-15-/t25-,26-,27+,28-,30+/m1/s1. The van der Waals surface area contributed by atoms with Crippen LogP contribution in [0.1, 0.15) is 38.8 Å². The number of nitrogens with zero attached hydrogens (tertiary/aromatic N) is 2. The van der Waals surface area contributed by atoms with Gasteiger partial charge in [0.05, 0.1) is 5.69 Å². The molecule has 2 aliphatic heterocycles. The molecule has 44 heavy (non-hydrogen) atoms. The molecule has 0 bridgehead atoms. The molecule has 1 saturated heterocycles. The molecule has 13 heteroatoms. The summed E-state index contributed by atoms with van der Waals surface area (Å²) in [7, 11) is 0. The molecule has 2 aromatic rings. The fraction of sp³-hybridized carbons (Fsp3) is 0.355. The van der Waals surface area contributed by atoms with Crippen LogP contribution in [-0.2, 0) is 47.7 Å². The summed E-state index contributed by atoms with van der Waals surface area (Å²) in [5.74, 6) is -3.25. The zero-order valence-corrected chi connectivity index (χ0v) is 25.6. The number of carbonyl (C=O) groups excluding carboxylic acids is 5. The lowest BCUT2D eigenvalue weighted by atomic mass is 9.99. The van der Waals surface area contributed by atoms with E-state index in [1.165, 1.54) is 11.8 Å². The predicted octanol–water partition coefficient (Wildman–Crippen LogP) is 3.56. The van der Waals surface area contributed by atoms with E-state index in [1.54, 1.807) is 18.2 Å². The fourth-order valence-electron chi connectivity index (χ4n) is 4.59. The van der Waals surface area contributed by atoms with Gasteiger partial charge in [-0.1, -0.05) is 59.8 Å². The average molecular weight is 625 g/mol. The SMILES string of the molecule is CC(=O)OC[C@H]1O[C@@H](SC2=N/C(=C\c3ccccc3)C(=O)N2c2ccc(C)cc2)[C@H](OC(C)=O)[C@@H](OC(C)=O)[C@@H]1OC(C)=O. The maximum Gasteiger partial charge on any atom is 0.303 e. The summed E-state index contributed by atoms with van der Waals surface area (Å²) in [6, 6.07) is 16.4. The highest BCUT2D eigenvalue weighted by Crippen LogP contribution is 2.38. The second-order valence-electron chi connectivity index (χ2n) is 10.00. The lowest BCUT2D eigenvalue weighted by molar-refractivity contribution is -0.237. The van der Waals surface area contributed by atoms with Crippen molar-refractivity contribution in [2.75, 3.05) is 11.5 Å². The van der Waals surface area contributed by atoms with Crippen molar-refractivity contribution in [3.63, 3.8) is 0 Å². The van der Waals surface area contributed by atoms with Crippen LogP contribution in [0, 0.1) is 6.92 Å². The molecule has 12 nitrogen and oxygen atoms in total. The molecule has 1 fully saturated rings. The van der Waals surface area contributed by atoms with Crippen molar-refractivity contribution in [3.8, 4) is 0 Å². The third-order valence-corrected chi connectivity index (χ3v) is 7.49. The van der Waals surface area contributed by atoms with Gasteiger partial charge < -0.3 is 23.7 Å². The molecule has 2 heterocycles. The van der Waals surface area contributed by atoms with Gasteiger partial charge in [0.2, 0.25) is 0 Å². The van der Waals surface area contributed by atoms with Crippen molar-refractivity contribution in [1.82, 2.24) is 0 Å². The number of hydrogen-bond donors (Lipinski definition) is 0. The number of anilines is 1. The van der Waals surface area contributed by atoms with Gasteiger partial charge in [0.15, 0.2) is 28.9 Å². The summed E-state index contributed by atoms with van der Waals surface area (Å²) >= 11 is 0.936. The number of amidine groups is 1. The Morgan fingerprint density at radius 2 is 1.43 bits per heavy atom. The summed E-state index contributed by atoms with van der Waals surface area (Å²) < 4.78 is 28.0. The molecule has 4 rings (SSSR count). The van der Waals surface area contributed by atoms with Crippen LogP contribution in [-0.4, -0.2) is 71.4 Å². The number of amides is 1. The Kier molecular flexibility index (Phi) is 10.6. The fourth-order valence-corrected chi connectivity index (χ4v) is 5.79. The van der Waals surface area contributed by atoms with Gasteiger partial charge in [-0.05, 0) is 30.7 Å². The minimum absolute atomic E-state index is 0.143. The third kappa shape index (κ3) is 8.11. The van der Waals surface area contributed by atoms with E-state index in [4.69, 9.17) is 23.7 Å². The molecule has 2 aromatic carbocycles. The second-order valence-corrected chi connectivity index (χ2v) is 11.1. The Hall–Kier alpha value is -4.49. The Morgan fingerprint density at radius 1 is 0.841 bits per heavy atom. The monoisotopic (exact) mass is 624 g/mol. The summed E-state index contributed by atoms with van der Waals surface area (Å²) in [5.41, 5.74) is 1.23. The zero-order valence-electron chi connectivity index (χ0n) is 24.8. The van der Waals surface area contributed by atoms with Crippen LogP contribution in [0.3, 0.4) is 0 Å². The van der Waals surface area contributed by atoms with Crippen molar-refractivity contribution >= 4 is 58.5 Å². The number of aryl methyl sites for hydroxylation is 1. The van der Waals surface area contributed by atoms with E-state index < -0.39 is 59.6 Å². The molecular formula is C31H32N2O10S. The van der Waals surface area contributed by atoms with Crippen molar-refractivity contribution < 1.29 is 47.7 Å². The van der Waals surface area contributed by atoms with Crippen LogP contribution < -0.4 is 4.90 Å². The highest BCUT2D eigenvalue weighted by Gasteiger charge is 2.53. The first-order valence-corrected chi connectivity index (χ1v) is 14.5. The average Bonchev–Trinajstić information content (AvgIpc) is 3.25. The number of benzene rings is 2. The van der Waals surface area contributed by atoms with Crippen LogP contribution in [0.15, 0.2) is 65.3 Å². The Bertz CT molecular complexity index is 1470. The van der Waals surface area contributed by atoms with Crippen LogP contribution in [0.5, 0.6) is 0 Å². The predicted molar refractivity (Wildman–Crippen MR) is 160 cm³/mol. The summed E-state index contributed by atoms with van der Waals surface area (Å²) in [6.07, 6.45) is -3.46. The van der Waals surface area contributed by atoms with Crippen LogP contribution in [0.2, 0.25) is 0 Å². The van der Waals surface area contributed by atoms with Crippen LogP contribution >= 0.6 is 11.8 Å². The number of rotatable bonds is 8. The van der Waals surface area contributed by atoms with E-state index >= 15 is 0 Å². The van der Waals surface area contributed by atoms with Gasteiger partial charge in [-0.25, -0.2) is 4.99 Å². The van der Waals surface area contributed by atoms with E-state index in [0.717, 1.165) is 43.7 Å². The van der Waals surface area contributed by atoms with Crippen molar-refractivity contribution in [3.05, 3.63) is 71.4 Å². The molecule has 0 spiro atoms. The number of aliphatic imine (C=N–C) groups is 1. The lowest BCUT2D eigenvalue weighted by Gasteiger charge is -2.44. The molecule has 5 atom stereocenters. The summed E-state index contributed by atoms with van der Waals surface area (Å²) in [5, 5.41) is 0.182. The quantitative estimate of drug-likeness (QED) is 0.241. The Morgan fingerprint density at radius 3 is 2.02 bits per heavy atom. The van der Waals surface area contributed by atoms with E-state index in [2.05, 4.69) is 4.99 Å². The smallest absolute Gasteiger partial charge is 0.303 e. The lowest BCUT2D eigenvalue weighted by Crippen LogP contribution is -2.61. The maximum absolute atomic E-state index is 13.8. The number of carbonyl (C=O) groups is 5. The molecule has 0 aromatic heterocycles. The minimum Gasteiger partial charge on any atom is -0.463 e. The number of hydrogen-bond acceptors (Lipinski definition) is 12. The molecule has 0 unspecified atom stereocenters. The highest BCUT2D eigenvalue weighted by atomic mass is 32.2. The van der Waals surface area contributed by atoms with E-state index in [9.17, 15) is 24.0 Å². The molecule has 232 valence electrons. The van der Waals surface area contributed by atoms with E-state index in [-0.39, 0.29) is 17.5 Å². The Labute approximate surface area is 258 Å². The molecule has 2 aliphatic rings. The molecule has 0 saturated carbocycles. The molecule has 1 amide bonds. The van der Waals surface area contributed by atoms with E-state index in [0.29, 0.717) is 5.69 Å². The van der Waals surface area contributed by atoms with Crippen molar-refractivity contribution in [2.24, 2.45) is 4.99 Å². The first-order chi connectivity index (χ1) is 20.9. The number of ether oxygens (including phenoxy) is 5. The number of thioether (sulfide) groups is 1. The molecule has 0 N–H and O–H groups in total. The summed E-state index contributed by atoms with van der Waals surface area (Å²) in [4.78, 5) is 68.0. The largest absolute Gasteiger partial charge is 0.463 e. The zero-order chi connectivity index (χ0) is 32.0. The number of esters is 4. The van der Waals surface area contributed by atoms with Gasteiger partial charge in [0, 0.05) is 27.7 Å². The van der Waals surface area contributed by atoms with Gasteiger partial charge in [-0.2, -0.15) is 0 Å². The van der Waals surface area contributed by atoms with Gasteiger partial charge in [-0.3, -0.25) is 28.9 Å². The van der Waals surface area contributed by atoms with Gasteiger partial charge in [0.1, 0.15) is 18.4 Å². The molecule has 0 radical (unpaired) electrons. The van der Waals surface area contributed by atoms with Crippen molar-refractivity contribution in [2.45, 2.75) is 64.5 Å². The molecular weight excluding hydrogens is 592 g/mol. The van der Waals surface area contributed by atoms with Gasteiger partial charge in [0.25, 0.3) is 5.91 Å². The van der Waals surface area contributed by atoms with Gasteiger partial charge >= 0.3 is 23.9 Å². The van der Waals surface area contributed by atoms with Crippen molar-refractivity contribution in [1.29, 1.82) is 0 Å².